The van der Waals surface area contributed by atoms with Crippen molar-refractivity contribution in [3.8, 4) is 5.69 Å². The summed E-state index contributed by atoms with van der Waals surface area (Å²) in [7, 11) is 0. The summed E-state index contributed by atoms with van der Waals surface area (Å²) in [6.07, 6.45) is 3.45. The Bertz CT molecular complexity index is 940. The van der Waals surface area contributed by atoms with Gasteiger partial charge >= 0.3 is 6.03 Å². The van der Waals surface area contributed by atoms with E-state index in [1.54, 1.807) is 35.0 Å². The molecule has 8 heteroatoms. The highest BCUT2D eigenvalue weighted by Crippen LogP contribution is 2.23. The third-order valence-corrected chi connectivity index (χ3v) is 4.20. The molecule has 4 N–H and O–H groups in total. The second-order valence-electron chi connectivity index (χ2n) is 5.33. The summed E-state index contributed by atoms with van der Waals surface area (Å²) in [6.45, 7) is 0. The van der Waals surface area contributed by atoms with Crippen molar-refractivity contribution in [2.45, 2.75) is 5.16 Å². The number of nitrogens with two attached hydrogens (primary N) is 1. The van der Waals surface area contributed by atoms with Crippen molar-refractivity contribution >= 4 is 35.1 Å². The SMILES string of the molecule is CSc1ncc(C(=O)Nc2cccc(NC(N)=O)c2)n1-c1ccccc1. The normalized spacial score (nSPS) is 10.3. The van der Waals surface area contributed by atoms with Gasteiger partial charge in [-0.1, -0.05) is 36.0 Å². The van der Waals surface area contributed by atoms with Crippen molar-refractivity contribution in [3.05, 3.63) is 66.5 Å². The standard InChI is InChI=1S/C18H17N5O2S/c1-26-18-20-11-15(23(18)14-8-3-2-4-9-14)16(24)21-12-6-5-7-13(10-12)22-17(19)25/h2-11H,1H3,(H,21,24)(H3,19,22,25). The Morgan fingerprint density at radius 2 is 1.73 bits per heavy atom. The second kappa shape index (κ2) is 7.75. The van der Waals surface area contributed by atoms with Crippen LogP contribution in [0.3, 0.4) is 0 Å². The number of aromatic nitrogens is 2. The first-order valence-electron chi connectivity index (χ1n) is 7.73. The zero-order valence-corrected chi connectivity index (χ0v) is 14.8. The van der Waals surface area contributed by atoms with Crippen LogP contribution in [0, 0.1) is 0 Å². The van der Waals surface area contributed by atoms with Crippen LogP contribution in [0.5, 0.6) is 0 Å². The van der Waals surface area contributed by atoms with Gasteiger partial charge in [-0.3, -0.25) is 9.36 Å². The third kappa shape index (κ3) is 3.86. The molecular formula is C18H17N5O2S. The van der Waals surface area contributed by atoms with Gasteiger partial charge in [0.15, 0.2) is 5.16 Å². The van der Waals surface area contributed by atoms with Crippen LogP contribution < -0.4 is 16.4 Å². The molecule has 2 aromatic carbocycles. The number of para-hydroxylation sites is 1. The molecule has 0 saturated heterocycles. The molecule has 26 heavy (non-hydrogen) atoms. The molecule has 0 aliphatic carbocycles. The van der Waals surface area contributed by atoms with Crippen LogP contribution in [0.1, 0.15) is 10.5 Å². The van der Waals surface area contributed by atoms with E-state index in [1.165, 1.54) is 11.8 Å². The molecule has 0 bridgehead atoms. The molecule has 3 aromatic rings. The topological polar surface area (TPSA) is 102 Å². The number of amides is 3. The lowest BCUT2D eigenvalue weighted by Crippen LogP contribution is -2.20. The number of hydrogen-bond donors (Lipinski definition) is 3. The van der Waals surface area contributed by atoms with Gasteiger partial charge < -0.3 is 16.4 Å². The highest BCUT2D eigenvalue weighted by Gasteiger charge is 2.17. The first kappa shape index (κ1) is 17.6. The molecule has 7 nitrogen and oxygen atoms in total. The number of imidazole rings is 1. The van der Waals surface area contributed by atoms with Gasteiger partial charge in [-0.25, -0.2) is 9.78 Å². The number of hydrogen-bond acceptors (Lipinski definition) is 4. The number of benzene rings is 2. The van der Waals surface area contributed by atoms with Gasteiger partial charge in [0.25, 0.3) is 5.91 Å². The Kier molecular flexibility index (Phi) is 5.23. The number of primary amides is 1. The van der Waals surface area contributed by atoms with E-state index in [1.807, 2.05) is 36.6 Å². The van der Waals surface area contributed by atoms with Crippen LogP contribution in [0.15, 0.2) is 66.0 Å². The summed E-state index contributed by atoms with van der Waals surface area (Å²) in [5.41, 5.74) is 7.41. The smallest absolute Gasteiger partial charge is 0.316 e. The fraction of sp³-hybridized carbons (Fsp3) is 0.0556. The van der Waals surface area contributed by atoms with Crippen molar-refractivity contribution < 1.29 is 9.59 Å². The summed E-state index contributed by atoms with van der Waals surface area (Å²) in [5.74, 6) is -0.308. The molecule has 0 atom stereocenters. The van der Waals surface area contributed by atoms with Crippen LogP contribution in [-0.4, -0.2) is 27.7 Å². The average molecular weight is 367 g/mol. The van der Waals surface area contributed by atoms with E-state index in [9.17, 15) is 9.59 Å². The van der Waals surface area contributed by atoms with Crippen molar-refractivity contribution in [3.63, 3.8) is 0 Å². The van der Waals surface area contributed by atoms with Gasteiger partial charge in [0.1, 0.15) is 5.69 Å². The number of anilines is 2. The van der Waals surface area contributed by atoms with Gasteiger partial charge in [-0.2, -0.15) is 0 Å². The molecule has 3 amide bonds. The van der Waals surface area contributed by atoms with E-state index >= 15 is 0 Å². The monoisotopic (exact) mass is 367 g/mol. The largest absolute Gasteiger partial charge is 0.351 e. The lowest BCUT2D eigenvalue weighted by Gasteiger charge is -2.12. The summed E-state index contributed by atoms with van der Waals surface area (Å²) in [5, 5.41) is 6.01. The summed E-state index contributed by atoms with van der Waals surface area (Å²) in [4.78, 5) is 28.1. The zero-order chi connectivity index (χ0) is 18.5. The maximum atomic E-state index is 12.8. The van der Waals surface area contributed by atoms with E-state index in [-0.39, 0.29) is 5.91 Å². The predicted octanol–water partition coefficient (Wildman–Crippen LogP) is 3.34. The molecular weight excluding hydrogens is 350 g/mol. The third-order valence-electron chi connectivity index (χ3n) is 3.55. The van der Waals surface area contributed by atoms with Crippen molar-refractivity contribution in [1.82, 2.24) is 9.55 Å². The highest BCUT2D eigenvalue weighted by molar-refractivity contribution is 7.98. The number of nitrogens with zero attached hydrogens (tertiary/aromatic N) is 2. The summed E-state index contributed by atoms with van der Waals surface area (Å²) in [6, 6.07) is 15.6. The minimum atomic E-state index is -0.666. The van der Waals surface area contributed by atoms with Crippen LogP contribution >= 0.6 is 11.8 Å². The maximum absolute atomic E-state index is 12.8. The van der Waals surface area contributed by atoms with E-state index in [0.29, 0.717) is 22.2 Å². The Hall–Kier alpha value is -3.26. The Morgan fingerprint density at radius 3 is 2.38 bits per heavy atom. The minimum Gasteiger partial charge on any atom is -0.351 e. The van der Waals surface area contributed by atoms with E-state index < -0.39 is 6.03 Å². The van der Waals surface area contributed by atoms with Crippen LogP contribution in [0.4, 0.5) is 16.2 Å². The fourth-order valence-corrected chi connectivity index (χ4v) is 3.02. The molecule has 1 heterocycles. The summed E-state index contributed by atoms with van der Waals surface area (Å²) < 4.78 is 1.80. The summed E-state index contributed by atoms with van der Waals surface area (Å²) >= 11 is 1.45. The maximum Gasteiger partial charge on any atom is 0.316 e. The van der Waals surface area contributed by atoms with Crippen LogP contribution in [0.25, 0.3) is 5.69 Å². The van der Waals surface area contributed by atoms with E-state index in [0.717, 1.165) is 5.69 Å². The fourth-order valence-electron chi connectivity index (χ4n) is 2.48. The molecule has 0 fully saturated rings. The number of nitrogens with one attached hydrogen (secondary N) is 2. The van der Waals surface area contributed by atoms with E-state index in [2.05, 4.69) is 15.6 Å². The zero-order valence-electron chi connectivity index (χ0n) is 14.0. The van der Waals surface area contributed by atoms with Crippen LogP contribution in [-0.2, 0) is 0 Å². The van der Waals surface area contributed by atoms with Gasteiger partial charge in [0, 0.05) is 17.1 Å². The number of thioether (sulfide) groups is 1. The Morgan fingerprint density at radius 1 is 1.04 bits per heavy atom. The lowest BCUT2D eigenvalue weighted by atomic mass is 10.2. The van der Waals surface area contributed by atoms with Crippen molar-refractivity contribution in [2.75, 3.05) is 16.9 Å². The minimum absolute atomic E-state index is 0.308. The number of carbonyl (C=O) groups excluding carboxylic acids is 2. The van der Waals surface area contributed by atoms with Gasteiger partial charge in [0.2, 0.25) is 0 Å². The van der Waals surface area contributed by atoms with Crippen LogP contribution in [0.2, 0.25) is 0 Å². The van der Waals surface area contributed by atoms with Crippen molar-refractivity contribution in [2.24, 2.45) is 5.73 Å². The number of carbonyl (C=O) groups is 2. The molecule has 0 aliphatic rings. The molecule has 0 unspecified atom stereocenters. The van der Waals surface area contributed by atoms with E-state index in [4.69, 9.17) is 5.73 Å². The predicted molar refractivity (Wildman–Crippen MR) is 103 cm³/mol. The molecule has 0 aliphatic heterocycles. The Labute approximate surface area is 154 Å². The first-order valence-corrected chi connectivity index (χ1v) is 8.96. The number of rotatable bonds is 5. The first-order chi connectivity index (χ1) is 12.6. The average Bonchev–Trinajstić information content (AvgIpc) is 3.06. The van der Waals surface area contributed by atoms with Crippen molar-refractivity contribution in [1.29, 1.82) is 0 Å². The molecule has 0 radical (unpaired) electrons. The Balaban J connectivity index is 1.90. The quantitative estimate of drug-likeness (QED) is 0.602. The molecule has 0 saturated carbocycles. The molecule has 1 aromatic heterocycles. The van der Waals surface area contributed by atoms with Gasteiger partial charge in [-0.15, -0.1) is 0 Å². The van der Waals surface area contributed by atoms with Gasteiger partial charge in [-0.05, 0) is 36.6 Å². The lowest BCUT2D eigenvalue weighted by molar-refractivity contribution is 0.102. The van der Waals surface area contributed by atoms with Gasteiger partial charge in [0.05, 0.1) is 6.20 Å². The molecule has 132 valence electrons. The highest BCUT2D eigenvalue weighted by atomic mass is 32.2. The number of urea groups is 1. The molecule has 3 rings (SSSR count). The second-order valence-corrected chi connectivity index (χ2v) is 6.10. The molecule has 0 spiro atoms.